The van der Waals surface area contributed by atoms with Crippen molar-refractivity contribution in [2.24, 2.45) is 11.8 Å². The summed E-state index contributed by atoms with van der Waals surface area (Å²) in [5.41, 5.74) is 0. The largest absolute Gasteiger partial charge is 0.383 e. The first kappa shape index (κ1) is 13.9. The van der Waals surface area contributed by atoms with Gasteiger partial charge in [0.15, 0.2) is 0 Å². The fourth-order valence-corrected chi connectivity index (χ4v) is 1.56. The maximum Gasteiger partial charge on any atom is 0.0618 e. The van der Waals surface area contributed by atoms with Crippen LogP contribution in [0.1, 0.15) is 40.5 Å². The molecule has 0 radical (unpaired) electrons. The predicted octanol–water partition coefficient (Wildman–Crippen LogP) is 2.68. The Morgan fingerprint density at radius 2 is 1.71 bits per heavy atom. The van der Waals surface area contributed by atoms with Crippen LogP contribution in [0.15, 0.2) is 0 Å². The lowest BCUT2D eigenvalue weighted by atomic mass is 10.0. The summed E-state index contributed by atoms with van der Waals surface area (Å²) in [6.07, 6.45) is 2.53. The van der Waals surface area contributed by atoms with Crippen molar-refractivity contribution < 1.29 is 4.74 Å². The third kappa shape index (κ3) is 5.61. The molecule has 0 aromatic carbocycles. The van der Waals surface area contributed by atoms with Gasteiger partial charge in [0.2, 0.25) is 0 Å². The van der Waals surface area contributed by atoms with Crippen molar-refractivity contribution in [2.45, 2.75) is 46.6 Å². The Morgan fingerprint density at radius 1 is 1.14 bits per heavy atom. The van der Waals surface area contributed by atoms with E-state index < -0.39 is 0 Å². The lowest BCUT2D eigenvalue weighted by molar-refractivity contribution is 0.144. The van der Waals surface area contributed by atoms with E-state index in [1.165, 1.54) is 12.8 Å². The molecule has 0 bridgehead atoms. The quantitative estimate of drug-likeness (QED) is 0.652. The minimum atomic E-state index is 0.501. The third-order valence-corrected chi connectivity index (χ3v) is 2.97. The zero-order valence-electron chi connectivity index (χ0n) is 10.5. The SMILES string of the molecule is CCC(CC)CNC(COC)C(C)C. The molecule has 2 nitrogen and oxygen atoms in total. The molecular weight excluding hydrogens is 174 g/mol. The Hall–Kier alpha value is -0.0800. The highest BCUT2D eigenvalue weighted by atomic mass is 16.5. The van der Waals surface area contributed by atoms with Gasteiger partial charge in [0.1, 0.15) is 0 Å². The first-order valence-corrected chi connectivity index (χ1v) is 5.87. The second-order valence-corrected chi connectivity index (χ2v) is 4.40. The molecule has 1 atom stereocenters. The van der Waals surface area contributed by atoms with Crippen LogP contribution in [0.3, 0.4) is 0 Å². The molecule has 0 fully saturated rings. The zero-order valence-corrected chi connectivity index (χ0v) is 10.5. The lowest BCUT2D eigenvalue weighted by Gasteiger charge is -2.24. The summed E-state index contributed by atoms with van der Waals surface area (Å²) in [6.45, 7) is 10.9. The van der Waals surface area contributed by atoms with Gasteiger partial charge in [-0.25, -0.2) is 0 Å². The summed E-state index contributed by atoms with van der Waals surface area (Å²) in [6, 6.07) is 0.501. The van der Waals surface area contributed by atoms with E-state index in [-0.39, 0.29) is 0 Å². The van der Waals surface area contributed by atoms with Crippen LogP contribution in [-0.2, 0) is 4.74 Å². The van der Waals surface area contributed by atoms with E-state index >= 15 is 0 Å². The van der Waals surface area contributed by atoms with Crippen molar-refractivity contribution in [1.29, 1.82) is 0 Å². The number of methoxy groups -OCH3 is 1. The van der Waals surface area contributed by atoms with E-state index in [0.717, 1.165) is 19.1 Å². The van der Waals surface area contributed by atoms with E-state index in [9.17, 15) is 0 Å². The zero-order chi connectivity index (χ0) is 11.0. The summed E-state index contributed by atoms with van der Waals surface area (Å²) in [7, 11) is 1.77. The molecule has 1 N–H and O–H groups in total. The molecule has 0 saturated carbocycles. The van der Waals surface area contributed by atoms with Crippen LogP contribution in [0.25, 0.3) is 0 Å². The Kier molecular flexibility index (Phi) is 8.20. The van der Waals surface area contributed by atoms with Crippen LogP contribution in [0, 0.1) is 11.8 Å². The second kappa shape index (κ2) is 8.25. The van der Waals surface area contributed by atoms with Crippen LogP contribution in [0.2, 0.25) is 0 Å². The van der Waals surface area contributed by atoms with Crippen LogP contribution < -0.4 is 5.32 Å². The molecule has 0 aliphatic carbocycles. The van der Waals surface area contributed by atoms with Gasteiger partial charge in [-0.1, -0.05) is 40.5 Å². The number of nitrogens with one attached hydrogen (secondary N) is 1. The van der Waals surface area contributed by atoms with Crippen LogP contribution in [0.5, 0.6) is 0 Å². The molecule has 0 heterocycles. The average molecular weight is 201 g/mol. The molecule has 0 aromatic rings. The van der Waals surface area contributed by atoms with Gasteiger partial charge in [0.25, 0.3) is 0 Å². The standard InChI is InChI=1S/C12H27NO/c1-6-11(7-2)8-13-12(9-14-5)10(3)4/h10-13H,6-9H2,1-5H3. The summed E-state index contributed by atoms with van der Waals surface area (Å²) in [5, 5.41) is 3.60. The Bertz CT molecular complexity index is 121. The number of hydrogen-bond acceptors (Lipinski definition) is 2. The molecule has 0 saturated heterocycles. The number of ether oxygens (including phenoxy) is 1. The fraction of sp³-hybridized carbons (Fsp3) is 1.00. The molecule has 0 aliphatic rings. The molecule has 14 heavy (non-hydrogen) atoms. The first-order valence-electron chi connectivity index (χ1n) is 5.87. The van der Waals surface area contributed by atoms with Crippen molar-refractivity contribution in [2.75, 3.05) is 20.3 Å². The van der Waals surface area contributed by atoms with Gasteiger partial charge >= 0.3 is 0 Å². The van der Waals surface area contributed by atoms with Crippen molar-refractivity contribution in [3.8, 4) is 0 Å². The van der Waals surface area contributed by atoms with Gasteiger partial charge in [0.05, 0.1) is 6.61 Å². The molecular formula is C12H27NO. The van der Waals surface area contributed by atoms with E-state index in [1.807, 2.05) is 0 Å². The molecule has 0 aliphatic heterocycles. The highest BCUT2D eigenvalue weighted by molar-refractivity contribution is 4.71. The monoisotopic (exact) mass is 201 g/mol. The minimum absolute atomic E-state index is 0.501. The summed E-state index contributed by atoms with van der Waals surface area (Å²) < 4.78 is 5.20. The van der Waals surface area contributed by atoms with E-state index in [2.05, 4.69) is 33.0 Å². The molecule has 1 unspecified atom stereocenters. The van der Waals surface area contributed by atoms with Crippen molar-refractivity contribution >= 4 is 0 Å². The van der Waals surface area contributed by atoms with Gasteiger partial charge in [-0.3, -0.25) is 0 Å². The van der Waals surface area contributed by atoms with Crippen molar-refractivity contribution in [1.82, 2.24) is 5.32 Å². The molecule has 0 amide bonds. The molecule has 86 valence electrons. The van der Waals surface area contributed by atoms with Crippen molar-refractivity contribution in [3.63, 3.8) is 0 Å². The lowest BCUT2D eigenvalue weighted by Crippen LogP contribution is -2.40. The Balaban J connectivity index is 3.79. The Labute approximate surface area is 89.4 Å². The summed E-state index contributed by atoms with van der Waals surface area (Å²) in [4.78, 5) is 0. The number of rotatable bonds is 8. The minimum Gasteiger partial charge on any atom is -0.383 e. The maximum atomic E-state index is 5.20. The number of hydrogen-bond donors (Lipinski definition) is 1. The second-order valence-electron chi connectivity index (χ2n) is 4.40. The van der Waals surface area contributed by atoms with Gasteiger partial charge in [-0.15, -0.1) is 0 Å². The van der Waals surface area contributed by atoms with Crippen LogP contribution in [-0.4, -0.2) is 26.3 Å². The highest BCUT2D eigenvalue weighted by Crippen LogP contribution is 2.08. The normalized spacial score (nSPS) is 13.9. The van der Waals surface area contributed by atoms with Gasteiger partial charge in [-0.2, -0.15) is 0 Å². The van der Waals surface area contributed by atoms with Gasteiger partial charge in [-0.05, 0) is 18.4 Å². The average Bonchev–Trinajstić information content (AvgIpc) is 2.17. The fourth-order valence-electron chi connectivity index (χ4n) is 1.56. The van der Waals surface area contributed by atoms with E-state index in [0.29, 0.717) is 12.0 Å². The smallest absolute Gasteiger partial charge is 0.0618 e. The molecule has 0 aromatic heterocycles. The van der Waals surface area contributed by atoms with Gasteiger partial charge < -0.3 is 10.1 Å². The van der Waals surface area contributed by atoms with E-state index in [1.54, 1.807) is 7.11 Å². The molecule has 0 spiro atoms. The summed E-state index contributed by atoms with van der Waals surface area (Å²) >= 11 is 0. The van der Waals surface area contributed by atoms with Gasteiger partial charge in [0, 0.05) is 13.2 Å². The van der Waals surface area contributed by atoms with Crippen LogP contribution in [0.4, 0.5) is 0 Å². The van der Waals surface area contributed by atoms with Crippen LogP contribution >= 0.6 is 0 Å². The third-order valence-electron chi connectivity index (χ3n) is 2.97. The maximum absolute atomic E-state index is 5.20. The predicted molar refractivity (Wildman–Crippen MR) is 62.6 cm³/mol. The molecule has 2 heteroatoms. The van der Waals surface area contributed by atoms with Crippen molar-refractivity contribution in [3.05, 3.63) is 0 Å². The topological polar surface area (TPSA) is 21.3 Å². The summed E-state index contributed by atoms with van der Waals surface area (Å²) in [5.74, 6) is 1.46. The first-order chi connectivity index (χ1) is 6.65. The van der Waals surface area contributed by atoms with E-state index in [4.69, 9.17) is 4.74 Å². The molecule has 0 rings (SSSR count). The Morgan fingerprint density at radius 3 is 2.07 bits per heavy atom. The highest BCUT2D eigenvalue weighted by Gasteiger charge is 2.13.